The van der Waals surface area contributed by atoms with Crippen LogP contribution in [0.3, 0.4) is 0 Å². The topological polar surface area (TPSA) is 55.4 Å². The molecule has 4 heteroatoms. The maximum atomic E-state index is 11.8. The van der Waals surface area contributed by atoms with Crippen molar-refractivity contribution in [3.8, 4) is 0 Å². The van der Waals surface area contributed by atoms with E-state index in [2.05, 4.69) is 12.2 Å². The van der Waals surface area contributed by atoms with E-state index < -0.39 is 0 Å². The molecule has 1 aliphatic carbocycles. The van der Waals surface area contributed by atoms with Crippen molar-refractivity contribution in [3.63, 3.8) is 0 Å². The summed E-state index contributed by atoms with van der Waals surface area (Å²) < 4.78 is 4.81. The molecule has 1 saturated carbocycles. The van der Waals surface area contributed by atoms with Gasteiger partial charge in [0.25, 0.3) is 0 Å². The Morgan fingerprint density at radius 1 is 1.35 bits per heavy atom. The minimum Gasteiger partial charge on any atom is -0.466 e. The maximum absolute atomic E-state index is 11.8. The Bertz CT molecular complexity index is 265. The highest BCUT2D eigenvalue weighted by Crippen LogP contribution is 2.31. The molecule has 98 valence electrons. The van der Waals surface area contributed by atoms with Gasteiger partial charge in [-0.15, -0.1) is 0 Å². The van der Waals surface area contributed by atoms with Gasteiger partial charge in [0.2, 0.25) is 5.91 Å². The van der Waals surface area contributed by atoms with Crippen molar-refractivity contribution in [1.82, 2.24) is 5.32 Å². The first-order valence-corrected chi connectivity index (χ1v) is 6.58. The van der Waals surface area contributed by atoms with Crippen molar-refractivity contribution >= 4 is 11.9 Å². The molecule has 1 fully saturated rings. The van der Waals surface area contributed by atoms with Gasteiger partial charge >= 0.3 is 5.97 Å². The summed E-state index contributed by atoms with van der Waals surface area (Å²) in [6.45, 7) is 4.92. The summed E-state index contributed by atoms with van der Waals surface area (Å²) in [4.78, 5) is 22.9. The van der Waals surface area contributed by atoms with Crippen LogP contribution in [0, 0.1) is 11.8 Å². The average molecular weight is 241 g/mol. The molecule has 2 unspecified atom stereocenters. The molecule has 1 N–H and O–H groups in total. The predicted molar refractivity (Wildman–Crippen MR) is 65.4 cm³/mol. The summed E-state index contributed by atoms with van der Waals surface area (Å²) in [5.74, 6) is 0.646. The molecule has 0 spiro atoms. The molecule has 0 aromatic rings. The van der Waals surface area contributed by atoms with Crippen LogP contribution in [0.5, 0.6) is 0 Å². The van der Waals surface area contributed by atoms with Crippen molar-refractivity contribution in [2.75, 3.05) is 13.2 Å². The molecule has 0 bridgehead atoms. The lowest BCUT2D eigenvalue weighted by Crippen LogP contribution is -2.32. The highest BCUT2D eigenvalue weighted by atomic mass is 16.5. The maximum Gasteiger partial charge on any atom is 0.305 e. The van der Waals surface area contributed by atoms with Gasteiger partial charge in [-0.05, 0) is 32.1 Å². The molecule has 0 radical (unpaired) electrons. The number of nitrogens with one attached hydrogen (secondary N) is 1. The van der Waals surface area contributed by atoms with Crippen LogP contribution in [0.4, 0.5) is 0 Å². The van der Waals surface area contributed by atoms with E-state index in [9.17, 15) is 9.59 Å². The normalized spacial score (nSPS) is 23.4. The van der Waals surface area contributed by atoms with E-state index in [-0.39, 0.29) is 17.8 Å². The van der Waals surface area contributed by atoms with E-state index in [0.717, 1.165) is 19.3 Å². The first-order valence-electron chi connectivity index (χ1n) is 6.58. The van der Waals surface area contributed by atoms with Gasteiger partial charge in [0.15, 0.2) is 0 Å². The summed E-state index contributed by atoms with van der Waals surface area (Å²) in [5, 5.41) is 2.91. The lowest BCUT2D eigenvalue weighted by atomic mass is 9.97. The molecule has 0 aliphatic heterocycles. The SMILES string of the molecule is CCOC(=O)CCCNC(=O)C1CCCC1C. The lowest BCUT2D eigenvalue weighted by Gasteiger charge is -2.14. The Morgan fingerprint density at radius 2 is 2.12 bits per heavy atom. The molecule has 17 heavy (non-hydrogen) atoms. The summed E-state index contributed by atoms with van der Waals surface area (Å²) in [6, 6.07) is 0. The number of hydrogen-bond donors (Lipinski definition) is 1. The highest BCUT2D eigenvalue weighted by molar-refractivity contribution is 5.79. The van der Waals surface area contributed by atoms with Gasteiger partial charge in [-0.2, -0.15) is 0 Å². The Labute approximate surface area is 103 Å². The zero-order chi connectivity index (χ0) is 12.7. The van der Waals surface area contributed by atoms with Crippen LogP contribution in [-0.2, 0) is 14.3 Å². The number of rotatable bonds is 6. The molecule has 1 aliphatic rings. The lowest BCUT2D eigenvalue weighted by molar-refractivity contribution is -0.143. The molecule has 2 atom stereocenters. The van der Waals surface area contributed by atoms with Crippen LogP contribution < -0.4 is 5.32 Å². The van der Waals surface area contributed by atoms with Gasteiger partial charge in [0, 0.05) is 18.9 Å². The van der Waals surface area contributed by atoms with Gasteiger partial charge in [-0.1, -0.05) is 13.3 Å². The van der Waals surface area contributed by atoms with Crippen LogP contribution in [0.2, 0.25) is 0 Å². The zero-order valence-corrected chi connectivity index (χ0v) is 10.8. The van der Waals surface area contributed by atoms with Gasteiger partial charge in [-0.3, -0.25) is 9.59 Å². The van der Waals surface area contributed by atoms with Gasteiger partial charge in [-0.25, -0.2) is 0 Å². The van der Waals surface area contributed by atoms with E-state index in [1.165, 1.54) is 0 Å². The fraction of sp³-hybridized carbons (Fsp3) is 0.846. The van der Waals surface area contributed by atoms with Crippen molar-refractivity contribution in [2.45, 2.75) is 46.0 Å². The second-order valence-corrected chi connectivity index (χ2v) is 4.71. The minimum atomic E-state index is -0.184. The number of carbonyl (C=O) groups is 2. The van der Waals surface area contributed by atoms with E-state index in [1.807, 2.05) is 0 Å². The first kappa shape index (κ1) is 14.0. The van der Waals surface area contributed by atoms with Crippen LogP contribution in [0.1, 0.15) is 46.0 Å². The summed E-state index contributed by atoms with van der Waals surface area (Å²) in [6.07, 6.45) is 4.36. The van der Waals surface area contributed by atoms with Crippen molar-refractivity contribution in [1.29, 1.82) is 0 Å². The third kappa shape index (κ3) is 4.75. The van der Waals surface area contributed by atoms with Crippen molar-refractivity contribution in [3.05, 3.63) is 0 Å². The molecular formula is C13H23NO3. The number of amides is 1. The van der Waals surface area contributed by atoms with E-state index >= 15 is 0 Å². The number of carbonyl (C=O) groups excluding carboxylic acids is 2. The number of esters is 1. The monoisotopic (exact) mass is 241 g/mol. The highest BCUT2D eigenvalue weighted by Gasteiger charge is 2.29. The molecule has 1 rings (SSSR count). The zero-order valence-electron chi connectivity index (χ0n) is 10.8. The first-order chi connectivity index (χ1) is 8.15. The summed E-state index contributed by atoms with van der Waals surface area (Å²) in [5.41, 5.74) is 0. The molecule has 1 amide bonds. The molecule has 0 heterocycles. The number of hydrogen-bond acceptors (Lipinski definition) is 3. The quantitative estimate of drug-likeness (QED) is 0.570. The fourth-order valence-corrected chi connectivity index (χ4v) is 2.34. The van der Waals surface area contributed by atoms with Crippen LogP contribution in [0.15, 0.2) is 0 Å². The Morgan fingerprint density at radius 3 is 2.71 bits per heavy atom. The second kappa shape index (κ2) is 7.30. The van der Waals surface area contributed by atoms with E-state index in [4.69, 9.17) is 4.74 Å². The van der Waals surface area contributed by atoms with Gasteiger partial charge < -0.3 is 10.1 Å². The Balaban J connectivity index is 2.10. The third-order valence-corrected chi connectivity index (χ3v) is 3.36. The second-order valence-electron chi connectivity index (χ2n) is 4.71. The smallest absolute Gasteiger partial charge is 0.305 e. The van der Waals surface area contributed by atoms with Gasteiger partial charge in [0.1, 0.15) is 0 Å². The van der Waals surface area contributed by atoms with Crippen LogP contribution in [-0.4, -0.2) is 25.0 Å². The molecule has 0 aromatic heterocycles. The fourth-order valence-electron chi connectivity index (χ4n) is 2.34. The average Bonchev–Trinajstić information content (AvgIpc) is 2.71. The summed E-state index contributed by atoms with van der Waals surface area (Å²) in [7, 11) is 0. The standard InChI is InChI=1S/C13H23NO3/c1-3-17-12(15)8-5-9-14-13(16)11-7-4-6-10(11)2/h10-11H,3-9H2,1-2H3,(H,14,16). The Hall–Kier alpha value is -1.06. The number of ether oxygens (including phenoxy) is 1. The van der Waals surface area contributed by atoms with E-state index in [1.54, 1.807) is 6.92 Å². The molecule has 0 aromatic carbocycles. The predicted octanol–water partition coefficient (Wildman–Crippen LogP) is 1.88. The Kier molecular flexibility index (Phi) is 6.01. The molecule has 0 saturated heterocycles. The van der Waals surface area contributed by atoms with Gasteiger partial charge in [0.05, 0.1) is 6.61 Å². The van der Waals surface area contributed by atoms with Crippen LogP contribution in [0.25, 0.3) is 0 Å². The largest absolute Gasteiger partial charge is 0.466 e. The minimum absolute atomic E-state index is 0.152. The van der Waals surface area contributed by atoms with E-state index in [0.29, 0.717) is 31.9 Å². The molecular weight excluding hydrogens is 218 g/mol. The van der Waals surface area contributed by atoms with Crippen molar-refractivity contribution in [2.24, 2.45) is 11.8 Å². The third-order valence-electron chi connectivity index (χ3n) is 3.36. The van der Waals surface area contributed by atoms with Crippen molar-refractivity contribution < 1.29 is 14.3 Å². The summed E-state index contributed by atoms with van der Waals surface area (Å²) >= 11 is 0. The van der Waals surface area contributed by atoms with Crippen LogP contribution >= 0.6 is 0 Å². The molecule has 4 nitrogen and oxygen atoms in total.